The molecule has 0 amide bonds. The molecule has 0 fully saturated rings. The third kappa shape index (κ3) is 2.97. The molecule has 0 bridgehead atoms. The number of Topliss-reactive ketones (excluding diaryl/α,β-unsaturated/α-hetero) is 1. The van der Waals surface area contributed by atoms with Gasteiger partial charge in [-0.25, -0.2) is 0 Å². The van der Waals surface area contributed by atoms with E-state index in [1.165, 1.54) is 7.11 Å². The summed E-state index contributed by atoms with van der Waals surface area (Å²) in [7, 11) is 1.53. The van der Waals surface area contributed by atoms with E-state index in [1.54, 1.807) is 18.2 Å². The minimum absolute atomic E-state index is 0.0698. The Kier molecular flexibility index (Phi) is 4.77. The van der Waals surface area contributed by atoms with E-state index in [0.717, 1.165) is 0 Å². The highest BCUT2D eigenvalue weighted by Gasteiger charge is 2.15. The highest BCUT2D eigenvalue weighted by atomic mass is 35.5. The summed E-state index contributed by atoms with van der Waals surface area (Å²) in [6, 6.07) is 5.04. The van der Waals surface area contributed by atoms with Crippen LogP contribution < -0.4 is 10.5 Å². The van der Waals surface area contributed by atoms with Crippen molar-refractivity contribution in [2.45, 2.75) is 13.3 Å². The average molecular weight is 242 g/mol. The average Bonchev–Trinajstić information content (AvgIpc) is 2.29. The van der Waals surface area contributed by atoms with Crippen LogP contribution in [0.1, 0.15) is 23.7 Å². The van der Waals surface area contributed by atoms with Crippen molar-refractivity contribution in [3.63, 3.8) is 0 Å². The summed E-state index contributed by atoms with van der Waals surface area (Å²) in [6.07, 6.45) is 0.684. The molecule has 1 aromatic rings. The number of rotatable bonds is 5. The molecule has 1 unspecified atom stereocenters. The quantitative estimate of drug-likeness (QED) is 0.806. The molecule has 0 radical (unpaired) electrons. The lowest BCUT2D eigenvalue weighted by atomic mass is 9.96. The van der Waals surface area contributed by atoms with E-state index in [0.29, 0.717) is 29.3 Å². The Morgan fingerprint density at radius 2 is 2.25 bits per heavy atom. The number of hydrogen-bond donors (Lipinski definition) is 1. The Hall–Kier alpha value is -1.06. The molecular weight excluding hydrogens is 226 g/mol. The number of carbonyl (C=O) groups excluding carboxylic acids is 1. The first-order valence-electron chi connectivity index (χ1n) is 5.18. The minimum atomic E-state index is -0.0733. The van der Waals surface area contributed by atoms with Gasteiger partial charge in [-0.1, -0.05) is 18.5 Å². The molecule has 0 aliphatic rings. The second-order valence-electron chi connectivity index (χ2n) is 3.69. The Balaban J connectivity index is 2.92. The topological polar surface area (TPSA) is 52.3 Å². The molecule has 0 aromatic heterocycles. The van der Waals surface area contributed by atoms with Gasteiger partial charge in [0.25, 0.3) is 0 Å². The molecule has 3 nitrogen and oxygen atoms in total. The zero-order chi connectivity index (χ0) is 12.1. The molecule has 2 N–H and O–H groups in total. The van der Waals surface area contributed by atoms with Gasteiger partial charge in [0, 0.05) is 11.5 Å². The lowest BCUT2D eigenvalue weighted by Crippen LogP contribution is -2.15. The van der Waals surface area contributed by atoms with E-state index in [-0.39, 0.29) is 11.7 Å². The van der Waals surface area contributed by atoms with Gasteiger partial charge in [-0.3, -0.25) is 4.79 Å². The summed E-state index contributed by atoms with van der Waals surface area (Å²) >= 11 is 5.89. The third-order valence-electron chi connectivity index (χ3n) is 2.48. The van der Waals surface area contributed by atoms with Crippen molar-refractivity contribution in [3.05, 3.63) is 28.8 Å². The number of methoxy groups -OCH3 is 1. The first-order valence-corrected chi connectivity index (χ1v) is 5.55. The lowest BCUT2D eigenvalue weighted by molar-refractivity contribution is 0.0925. The van der Waals surface area contributed by atoms with Crippen LogP contribution in [0.25, 0.3) is 0 Å². The van der Waals surface area contributed by atoms with Gasteiger partial charge in [0.15, 0.2) is 5.78 Å². The molecule has 1 atom stereocenters. The first-order chi connectivity index (χ1) is 7.60. The fourth-order valence-electron chi connectivity index (χ4n) is 1.48. The summed E-state index contributed by atoms with van der Waals surface area (Å²) in [5.41, 5.74) is 6.04. The van der Waals surface area contributed by atoms with Crippen molar-refractivity contribution in [2.75, 3.05) is 13.7 Å². The maximum absolute atomic E-state index is 12.0. The number of ether oxygens (including phenoxy) is 1. The van der Waals surface area contributed by atoms with Gasteiger partial charge >= 0.3 is 0 Å². The zero-order valence-corrected chi connectivity index (χ0v) is 10.3. The third-order valence-corrected chi connectivity index (χ3v) is 2.80. The van der Waals surface area contributed by atoms with Gasteiger partial charge < -0.3 is 10.5 Å². The number of nitrogens with two attached hydrogens (primary N) is 1. The van der Waals surface area contributed by atoms with E-state index >= 15 is 0 Å². The van der Waals surface area contributed by atoms with Crippen LogP contribution >= 0.6 is 11.6 Å². The predicted octanol–water partition coefficient (Wildman–Crippen LogP) is 2.52. The predicted molar refractivity (Wildman–Crippen MR) is 65.2 cm³/mol. The van der Waals surface area contributed by atoms with Crippen molar-refractivity contribution in [3.8, 4) is 5.75 Å². The van der Waals surface area contributed by atoms with Gasteiger partial charge in [0.1, 0.15) is 5.75 Å². The Morgan fingerprint density at radius 1 is 1.56 bits per heavy atom. The fourth-order valence-corrected chi connectivity index (χ4v) is 1.67. The molecule has 88 valence electrons. The number of hydrogen-bond acceptors (Lipinski definition) is 3. The zero-order valence-electron chi connectivity index (χ0n) is 9.50. The van der Waals surface area contributed by atoms with Crippen molar-refractivity contribution in [1.29, 1.82) is 0 Å². The Bertz CT molecular complexity index is 379. The molecule has 4 heteroatoms. The van der Waals surface area contributed by atoms with Gasteiger partial charge in [-0.2, -0.15) is 0 Å². The summed E-state index contributed by atoms with van der Waals surface area (Å²) in [5.74, 6) is 0.517. The van der Waals surface area contributed by atoms with Crippen molar-refractivity contribution < 1.29 is 9.53 Å². The van der Waals surface area contributed by atoms with Crippen molar-refractivity contribution in [1.82, 2.24) is 0 Å². The number of ketones is 1. The van der Waals surface area contributed by atoms with Crippen molar-refractivity contribution in [2.24, 2.45) is 11.7 Å². The van der Waals surface area contributed by atoms with Crippen LogP contribution in [-0.2, 0) is 0 Å². The van der Waals surface area contributed by atoms with Crippen LogP contribution in [-0.4, -0.2) is 19.4 Å². The van der Waals surface area contributed by atoms with Crippen LogP contribution in [0, 0.1) is 5.92 Å². The van der Waals surface area contributed by atoms with Crippen LogP contribution in [0.5, 0.6) is 5.75 Å². The fraction of sp³-hybridized carbons (Fsp3) is 0.417. The SMILES string of the molecule is COc1cc(C(=O)C(C)CCN)ccc1Cl. The van der Waals surface area contributed by atoms with E-state index in [2.05, 4.69) is 0 Å². The van der Waals surface area contributed by atoms with E-state index in [9.17, 15) is 4.79 Å². The number of benzene rings is 1. The van der Waals surface area contributed by atoms with Crippen LogP contribution in [0.4, 0.5) is 0 Å². The maximum Gasteiger partial charge on any atom is 0.165 e. The van der Waals surface area contributed by atoms with Crippen LogP contribution in [0.3, 0.4) is 0 Å². The van der Waals surface area contributed by atoms with E-state index in [1.807, 2.05) is 6.92 Å². The Labute approximate surface area is 101 Å². The summed E-state index contributed by atoms with van der Waals surface area (Å²) in [4.78, 5) is 12.0. The van der Waals surface area contributed by atoms with Gasteiger partial charge in [0.05, 0.1) is 12.1 Å². The number of halogens is 1. The number of carbonyl (C=O) groups is 1. The molecule has 0 saturated carbocycles. The van der Waals surface area contributed by atoms with Crippen LogP contribution in [0.2, 0.25) is 5.02 Å². The summed E-state index contributed by atoms with van der Waals surface area (Å²) in [6.45, 7) is 2.38. The van der Waals surface area contributed by atoms with Crippen molar-refractivity contribution >= 4 is 17.4 Å². The standard InChI is InChI=1S/C12H16ClNO2/c1-8(5-6-14)12(15)9-3-4-10(13)11(7-9)16-2/h3-4,7-8H,5-6,14H2,1-2H3. The minimum Gasteiger partial charge on any atom is -0.495 e. The molecule has 1 aromatic carbocycles. The Morgan fingerprint density at radius 3 is 2.81 bits per heavy atom. The molecule has 16 heavy (non-hydrogen) atoms. The van der Waals surface area contributed by atoms with Gasteiger partial charge in [0.2, 0.25) is 0 Å². The first kappa shape index (κ1) is 13.0. The lowest BCUT2D eigenvalue weighted by Gasteiger charge is -2.10. The molecule has 0 heterocycles. The van der Waals surface area contributed by atoms with Gasteiger partial charge in [-0.15, -0.1) is 0 Å². The molecule has 0 saturated heterocycles. The smallest absolute Gasteiger partial charge is 0.165 e. The van der Waals surface area contributed by atoms with E-state index in [4.69, 9.17) is 22.1 Å². The normalized spacial score (nSPS) is 12.2. The van der Waals surface area contributed by atoms with E-state index < -0.39 is 0 Å². The highest BCUT2D eigenvalue weighted by molar-refractivity contribution is 6.32. The maximum atomic E-state index is 12.0. The summed E-state index contributed by atoms with van der Waals surface area (Å²) < 4.78 is 5.07. The second-order valence-corrected chi connectivity index (χ2v) is 4.10. The highest BCUT2D eigenvalue weighted by Crippen LogP contribution is 2.26. The summed E-state index contributed by atoms with van der Waals surface area (Å²) in [5, 5.41) is 0.505. The van der Waals surface area contributed by atoms with Gasteiger partial charge in [-0.05, 0) is 31.2 Å². The largest absolute Gasteiger partial charge is 0.495 e. The monoisotopic (exact) mass is 241 g/mol. The van der Waals surface area contributed by atoms with Crippen LogP contribution in [0.15, 0.2) is 18.2 Å². The second kappa shape index (κ2) is 5.87. The molecule has 0 spiro atoms. The molecular formula is C12H16ClNO2. The molecule has 0 aliphatic heterocycles. The molecule has 1 rings (SSSR count). The molecule has 0 aliphatic carbocycles.